The van der Waals surface area contributed by atoms with Gasteiger partial charge in [0.2, 0.25) is 5.91 Å². The maximum atomic E-state index is 11.7. The van der Waals surface area contributed by atoms with E-state index in [0.29, 0.717) is 0 Å². The van der Waals surface area contributed by atoms with Crippen LogP contribution in [0, 0.1) is 5.92 Å². The third kappa shape index (κ3) is 6.35. The SMILES string of the molecule is CCCNC(C)(CCCN1CCCC(CC)CC1)C(N)=O. The molecule has 0 saturated carbocycles. The second-order valence-electron chi connectivity index (χ2n) is 6.77. The van der Waals surface area contributed by atoms with Gasteiger partial charge in [0.05, 0.1) is 5.54 Å². The molecule has 4 nitrogen and oxygen atoms in total. The van der Waals surface area contributed by atoms with Gasteiger partial charge in [-0.15, -0.1) is 0 Å². The molecular weight excluding hydrogens is 262 g/mol. The minimum Gasteiger partial charge on any atom is -0.368 e. The van der Waals surface area contributed by atoms with Crippen LogP contribution in [0.25, 0.3) is 0 Å². The molecule has 0 aromatic carbocycles. The summed E-state index contributed by atoms with van der Waals surface area (Å²) in [6, 6.07) is 0. The van der Waals surface area contributed by atoms with Gasteiger partial charge in [-0.25, -0.2) is 0 Å². The van der Waals surface area contributed by atoms with Crippen molar-refractivity contribution >= 4 is 5.91 Å². The van der Waals surface area contributed by atoms with Gasteiger partial charge < -0.3 is 16.0 Å². The predicted molar refractivity (Wildman–Crippen MR) is 89.2 cm³/mol. The zero-order chi connectivity index (χ0) is 15.7. The van der Waals surface area contributed by atoms with E-state index in [-0.39, 0.29) is 5.91 Å². The van der Waals surface area contributed by atoms with E-state index in [9.17, 15) is 4.79 Å². The maximum absolute atomic E-state index is 11.7. The minimum absolute atomic E-state index is 0.224. The van der Waals surface area contributed by atoms with Gasteiger partial charge in [-0.3, -0.25) is 4.79 Å². The lowest BCUT2D eigenvalue weighted by Gasteiger charge is -2.29. The normalized spacial score (nSPS) is 23.5. The molecule has 2 atom stereocenters. The lowest BCUT2D eigenvalue weighted by Crippen LogP contribution is -2.53. The maximum Gasteiger partial charge on any atom is 0.237 e. The first kappa shape index (κ1) is 18.4. The zero-order valence-electron chi connectivity index (χ0n) is 14.3. The van der Waals surface area contributed by atoms with Crippen LogP contribution in [0.3, 0.4) is 0 Å². The summed E-state index contributed by atoms with van der Waals surface area (Å²) in [4.78, 5) is 14.3. The third-order valence-electron chi connectivity index (χ3n) is 4.98. The topological polar surface area (TPSA) is 58.4 Å². The molecule has 1 rings (SSSR count). The van der Waals surface area contributed by atoms with Gasteiger partial charge in [-0.05, 0) is 77.5 Å². The van der Waals surface area contributed by atoms with Crippen molar-refractivity contribution in [2.75, 3.05) is 26.2 Å². The molecule has 0 spiro atoms. The molecule has 0 radical (unpaired) electrons. The van der Waals surface area contributed by atoms with E-state index in [1.165, 1.54) is 38.8 Å². The van der Waals surface area contributed by atoms with Gasteiger partial charge >= 0.3 is 0 Å². The molecule has 0 aromatic heterocycles. The highest BCUT2D eigenvalue weighted by Crippen LogP contribution is 2.21. The van der Waals surface area contributed by atoms with Crippen LogP contribution in [0.5, 0.6) is 0 Å². The van der Waals surface area contributed by atoms with E-state index >= 15 is 0 Å². The van der Waals surface area contributed by atoms with Crippen molar-refractivity contribution in [2.24, 2.45) is 11.7 Å². The van der Waals surface area contributed by atoms with E-state index in [1.54, 1.807) is 0 Å². The third-order valence-corrected chi connectivity index (χ3v) is 4.98. The number of likely N-dealkylation sites (tertiary alicyclic amines) is 1. The summed E-state index contributed by atoms with van der Waals surface area (Å²) < 4.78 is 0. The van der Waals surface area contributed by atoms with E-state index in [0.717, 1.165) is 38.3 Å². The summed E-state index contributed by atoms with van der Waals surface area (Å²) in [6.45, 7) is 10.7. The predicted octanol–water partition coefficient (Wildman–Crippen LogP) is 2.52. The second-order valence-corrected chi connectivity index (χ2v) is 6.77. The van der Waals surface area contributed by atoms with Gasteiger partial charge in [0.15, 0.2) is 0 Å². The van der Waals surface area contributed by atoms with Crippen LogP contribution < -0.4 is 11.1 Å². The van der Waals surface area contributed by atoms with Crippen LogP contribution in [0.4, 0.5) is 0 Å². The molecule has 0 bridgehead atoms. The van der Waals surface area contributed by atoms with Gasteiger partial charge in [0, 0.05) is 0 Å². The molecule has 21 heavy (non-hydrogen) atoms. The van der Waals surface area contributed by atoms with Crippen LogP contribution in [0.2, 0.25) is 0 Å². The van der Waals surface area contributed by atoms with Crippen LogP contribution in [-0.2, 0) is 4.79 Å². The molecule has 1 aliphatic heterocycles. The van der Waals surface area contributed by atoms with E-state index < -0.39 is 5.54 Å². The Kier molecular flexibility index (Phi) is 8.27. The Morgan fingerprint density at radius 1 is 1.33 bits per heavy atom. The Labute approximate surface area is 130 Å². The van der Waals surface area contributed by atoms with Crippen molar-refractivity contribution in [2.45, 2.75) is 71.3 Å². The number of carbonyl (C=O) groups excluding carboxylic acids is 1. The molecule has 1 heterocycles. The smallest absolute Gasteiger partial charge is 0.237 e. The fourth-order valence-electron chi connectivity index (χ4n) is 3.21. The highest BCUT2D eigenvalue weighted by Gasteiger charge is 2.29. The Hall–Kier alpha value is -0.610. The number of nitrogens with two attached hydrogens (primary N) is 1. The molecule has 0 aromatic rings. The highest BCUT2D eigenvalue weighted by molar-refractivity contribution is 5.84. The van der Waals surface area contributed by atoms with Crippen LogP contribution in [0.1, 0.15) is 65.7 Å². The van der Waals surface area contributed by atoms with Crippen molar-refractivity contribution in [3.8, 4) is 0 Å². The fourth-order valence-corrected chi connectivity index (χ4v) is 3.21. The van der Waals surface area contributed by atoms with Crippen LogP contribution >= 0.6 is 0 Å². The quantitative estimate of drug-likeness (QED) is 0.687. The summed E-state index contributed by atoms with van der Waals surface area (Å²) in [7, 11) is 0. The summed E-state index contributed by atoms with van der Waals surface area (Å²) in [6.07, 6.45) is 8.23. The monoisotopic (exact) mass is 297 g/mol. The van der Waals surface area contributed by atoms with Gasteiger partial charge in [0.1, 0.15) is 0 Å². The molecule has 1 aliphatic rings. The average molecular weight is 297 g/mol. The van der Waals surface area contributed by atoms with Crippen molar-refractivity contribution in [1.82, 2.24) is 10.2 Å². The summed E-state index contributed by atoms with van der Waals surface area (Å²) >= 11 is 0. The average Bonchev–Trinajstić information content (AvgIpc) is 2.70. The number of rotatable bonds is 9. The number of primary amides is 1. The first-order valence-corrected chi connectivity index (χ1v) is 8.79. The molecule has 1 amide bonds. The molecule has 3 N–H and O–H groups in total. The second kappa shape index (κ2) is 9.42. The van der Waals surface area contributed by atoms with Crippen molar-refractivity contribution in [3.63, 3.8) is 0 Å². The Balaban J connectivity index is 2.34. The van der Waals surface area contributed by atoms with Crippen LogP contribution in [0.15, 0.2) is 0 Å². The molecule has 1 fully saturated rings. The summed E-state index contributed by atoms with van der Waals surface area (Å²) in [5.74, 6) is 0.690. The van der Waals surface area contributed by atoms with Gasteiger partial charge in [0.25, 0.3) is 0 Å². The molecule has 1 saturated heterocycles. The lowest BCUT2D eigenvalue weighted by atomic mass is 9.94. The van der Waals surface area contributed by atoms with Crippen molar-refractivity contribution < 1.29 is 4.79 Å². The lowest BCUT2D eigenvalue weighted by molar-refractivity contribution is -0.124. The Morgan fingerprint density at radius 3 is 2.71 bits per heavy atom. The molecule has 0 aliphatic carbocycles. The largest absolute Gasteiger partial charge is 0.368 e. The van der Waals surface area contributed by atoms with E-state index in [2.05, 4.69) is 24.1 Å². The van der Waals surface area contributed by atoms with Crippen molar-refractivity contribution in [3.05, 3.63) is 0 Å². The number of hydrogen-bond donors (Lipinski definition) is 2. The fraction of sp³-hybridized carbons (Fsp3) is 0.941. The van der Waals surface area contributed by atoms with Crippen molar-refractivity contribution in [1.29, 1.82) is 0 Å². The molecule has 2 unspecified atom stereocenters. The Morgan fingerprint density at radius 2 is 2.10 bits per heavy atom. The number of nitrogens with zero attached hydrogens (tertiary/aromatic N) is 1. The molecule has 4 heteroatoms. The first-order chi connectivity index (χ1) is 10.0. The highest BCUT2D eigenvalue weighted by atomic mass is 16.1. The van der Waals surface area contributed by atoms with E-state index in [4.69, 9.17) is 5.73 Å². The van der Waals surface area contributed by atoms with E-state index in [1.807, 2.05) is 6.92 Å². The van der Waals surface area contributed by atoms with Gasteiger partial charge in [-0.1, -0.05) is 20.3 Å². The molecular formula is C17H35N3O. The standard InChI is InChI=1S/C17H35N3O/c1-4-11-19-17(3,16(18)21)10-7-13-20-12-6-8-15(5-2)9-14-20/h15,19H,4-14H2,1-3H3,(H2,18,21). The number of hydrogen-bond acceptors (Lipinski definition) is 3. The minimum atomic E-state index is -0.548. The first-order valence-electron chi connectivity index (χ1n) is 8.79. The Bertz CT molecular complexity index is 308. The van der Waals surface area contributed by atoms with Crippen LogP contribution in [-0.4, -0.2) is 42.5 Å². The summed E-state index contributed by atoms with van der Waals surface area (Å²) in [5.41, 5.74) is 5.03. The molecule has 124 valence electrons. The zero-order valence-corrected chi connectivity index (χ0v) is 14.3. The summed E-state index contributed by atoms with van der Waals surface area (Å²) in [5, 5.41) is 3.32. The number of nitrogens with one attached hydrogen (secondary N) is 1. The number of amides is 1. The van der Waals surface area contributed by atoms with Gasteiger partial charge in [-0.2, -0.15) is 0 Å². The number of carbonyl (C=O) groups is 1.